The third-order valence-electron chi connectivity index (χ3n) is 5.06. The number of hydrogen-bond donors (Lipinski definition) is 1. The highest BCUT2D eigenvalue weighted by Crippen LogP contribution is 2.31. The zero-order valence-electron chi connectivity index (χ0n) is 15.0. The number of nitrogens with one attached hydrogen (secondary N) is 1. The van der Waals surface area contributed by atoms with Crippen LogP contribution in [-0.4, -0.2) is 46.1 Å². The fourth-order valence-corrected chi connectivity index (χ4v) is 3.65. The molecule has 0 unspecified atom stereocenters. The van der Waals surface area contributed by atoms with Crippen LogP contribution < -0.4 is 5.32 Å². The molecule has 1 heterocycles. The van der Waals surface area contributed by atoms with Gasteiger partial charge < -0.3 is 5.32 Å². The van der Waals surface area contributed by atoms with E-state index in [0.717, 1.165) is 24.2 Å². The number of rotatable bonds is 4. The summed E-state index contributed by atoms with van der Waals surface area (Å²) in [6.07, 6.45) is 3.50. The zero-order chi connectivity index (χ0) is 19.6. The van der Waals surface area contributed by atoms with E-state index < -0.39 is 30.3 Å². The average molecular weight is 368 g/mol. The van der Waals surface area contributed by atoms with Crippen LogP contribution in [-0.2, 0) is 14.4 Å². The number of nitrogens with zero attached hydrogens (tertiary/aromatic N) is 3. The van der Waals surface area contributed by atoms with Crippen LogP contribution in [0.1, 0.15) is 38.2 Å². The van der Waals surface area contributed by atoms with Crippen molar-refractivity contribution in [2.24, 2.45) is 5.92 Å². The minimum atomic E-state index is -0.973. The quantitative estimate of drug-likeness (QED) is 0.644. The van der Waals surface area contributed by atoms with Crippen molar-refractivity contribution in [3.8, 4) is 6.07 Å². The highest BCUT2D eigenvalue weighted by Gasteiger charge is 2.49. The van der Waals surface area contributed by atoms with Gasteiger partial charge >= 0.3 is 17.8 Å². The molecule has 8 nitrogen and oxygen atoms in total. The molecule has 0 spiro atoms. The molecule has 3 rings (SSSR count). The van der Waals surface area contributed by atoms with E-state index >= 15 is 0 Å². The number of carbonyl (C=O) groups is 4. The molecule has 2 atom stereocenters. The van der Waals surface area contributed by atoms with Crippen molar-refractivity contribution in [2.45, 2.75) is 38.6 Å². The number of urea groups is 1. The summed E-state index contributed by atoms with van der Waals surface area (Å²) in [5.74, 6) is -2.32. The Morgan fingerprint density at radius 2 is 1.96 bits per heavy atom. The Morgan fingerprint density at radius 3 is 2.67 bits per heavy atom. The van der Waals surface area contributed by atoms with Crippen molar-refractivity contribution in [3.63, 3.8) is 0 Å². The number of hydrogen-bond acceptors (Lipinski definition) is 5. The van der Waals surface area contributed by atoms with Gasteiger partial charge in [0.2, 0.25) is 5.91 Å². The summed E-state index contributed by atoms with van der Waals surface area (Å²) in [5.41, 5.74) is 0.746. The molecule has 8 heteroatoms. The Morgan fingerprint density at radius 1 is 1.22 bits per heavy atom. The van der Waals surface area contributed by atoms with Crippen LogP contribution in [0.25, 0.3) is 0 Å². The smallest absolute Gasteiger partial charge is 0.324 e. The van der Waals surface area contributed by atoms with Gasteiger partial charge in [0.05, 0.1) is 11.6 Å². The van der Waals surface area contributed by atoms with Crippen LogP contribution in [0.2, 0.25) is 0 Å². The first-order valence-electron chi connectivity index (χ1n) is 8.91. The number of nitriles is 1. The molecule has 1 aliphatic carbocycles. The molecule has 0 bridgehead atoms. The summed E-state index contributed by atoms with van der Waals surface area (Å²) in [4.78, 5) is 51.2. The molecule has 1 saturated carbocycles. The molecule has 1 aromatic carbocycles. The maximum atomic E-state index is 12.6. The molecule has 0 radical (unpaired) electrons. The van der Waals surface area contributed by atoms with E-state index in [9.17, 15) is 19.2 Å². The van der Waals surface area contributed by atoms with Crippen molar-refractivity contribution in [1.29, 1.82) is 5.26 Å². The van der Waals surface area contributed by atoms with Gasteiger partial charge in [-0.15, -0.1) is 0 Å². The molecule has 0 aromatic heterocycles. The van der Waals surface area contributed by atoms with Gasteiger partial charge in [-0.05, 0) is 37.0 Å². The van der Waals surface area contributed by atoms with Gasteiger partial charge in [0.1, 0.15) is 6.54 Å². The summed E-state index contributed by atoms with van der Waals surface area (Å²) in [6.45, 7) is 1.42. The van der Waals surface area contributed by atoms with Crippen LogP contribution in [0, 0.1) is 17.2 Å². The first-order valence-corrected chi connectivity index (χ1v) is 8.91. The van der Waals surface area contributed by atoms with E-state index in [-0.39, 0.29) is 12.0 Å². The van der Waals surface area contributed by atoms with E-state index in [2.05, 4.69) is 5.32 Å². The number of anilines is 1. The second-order valence-corrected chi connectivity index (χ2v) is 6.92. The van der Waals surface area contributed by atoms with E-state index in [0.29, 0.717) is 22.6 Å². The first-order chi connectivity index (χ1) is 12.9. The molecule has 2 fully saturated rings. The van der Waals surface area contributed by atoms with Crippen molar-refractivity contribution in [2.75, 3.05) is 11.9 Å². The predicted octanol–water partition coefficient (Wildman–Crippen LogP) is 1.87. The van der Waals surface area contributed by atoms with Crippen LogP contribution in [0.4, 0.5) is 10.5 Å². The summed E-state index contributed by atoms with van der Waals surface area (Å²) >= 11 is 0. The normalized spacial score (nSPS) is 22.7. The van der Waals surface area contributed by atoms with Crippen LogP contribution in [0.15, 0.2) is 24.3 Å². The molecule has 140 valence electrons. The number of amides is 5. The van der Waals surface area contributed by atoms with E-state index in [4.69, 9.17) is 5.26 Å². The average Bonchev–Trinajstić information content (AvgIpc) is 2.86. The molecule has 1 N–H and O–H groups in total. The van der Waals surface area contributed by atoms with Crippen LogP contribution in [0.3, 0.4) is 0 Å². The van der Waals surface area contributed by atoms with E-state index in [1.165, 1.54) is 6.07 Å². The van der Waals surface area contributed by atoms with E-state index in [1.54, 1.807) is 18.2 Å². The Balaban J connectivity index is 1.70. The molecule has 1 aliphatic heterocycles. The summed E-state index contributed by atoms with van der Waals surface area (Å²) < 4.78 is 0. The topological polar surface area (TPSA) is 111 Å². The summed E-state index contributed by atoms with van der Waals surface area (Å²) in [6, 6.07) is 7.19. The van der Waals surface area contributed by atoms with Crippen molar-refractivity contribution < 1.29 is 19.2 Å². The van der Waals surface area contributed by atoms with Crippen molar-refractivity contribution in [1.82, 2.24) is 9.80 Å². The second kappa shape index (κ2) is 7.58. The molecule has 27 heavy (non-hydrogen) atoms. The third kappa shape index (κ3) is 3.67. The summed E-state index contributed by atoms with van der Waals surface area (Å²) in [5, 5.41) is 11.4. The Kier molecular flexibility index (Phi) is 5.21. The van der Waals surface area contributed by atoms with Gasteiger partial charge in [0.15, 0.2) is 0 Å². The van der Waals surface area contributed by atoms with Crippen molar-refractivity contribution in [3.05, 3.63) is 29.8 Å². The fraction of sp³-hybridized carbons (Fsp3) is 0.421. The fourth-order valence-electron chi connectivity index (χ4n) is 3.65. The maximum absolute atomic E-state index is 12.6. The standard InChI is InChI=1S/C19H20N4O4/c1-12-5-2-3-8-15(12)23-18(26)17(25)22(19(23)27)11-16(24)21-14-7-4-6-13(9-14)10-20/h4,6-7,9,12,15H,2-3,5,8,11H2,1H3,(H,21,24)/t12-,15+/m1/s1. The molecule has 2 aliphatic rings. The van der Waals surface area contributed by atoms with Gasteiger partial charge in [0, 0.05) is 11.7 Å². The number of benzene rings is 1. The highest BCUT2D eigenvalue weighted by atomic mass is 16.2. The Labute approximate surface area is 156 Å². The summed E-state index contributed by atoms with van der Waals surface area (Å²) in [7, 11) is 0. The van der Waals surface area contributed by atoms with Gasteiger partial charge in [-0.25, -0.2) is 9.69 Å². The molecule has 1 aromatic rings. The third-order valence-corrected chi connectivity index (χ3v) is 5.06. The van der Waals surface area contributed by atoms with Gasteiger partial charge in [-0.3, -0.25) is 19.3 Å². The lowest BCUT2D eigenvalue weighted by atomic mass is 9.85. The van der Waals surface area contributed by atoms with Crippen LogP contribution in [0.5, 0.6) is 0 Å². The number of imide groups is 2. The molecular weight excluding hydrogens is 348 g/mol. The maximum Gasteiger partial charge on any atom is 0.334 e. The molecule has 1 saturated heterocycles. The Hall–Kier alpha value is -3.21. The van der Waals surface area contributed by atoms with Gasteiger partial charge in [-0.2, -0.15) is 5.26 Å². The lowest BCUT2D eigenvalue weighted by molar-refractivity contribution is -0.145. The number of carbonyl (C=O) groups excluding carboxylic acids is 4. The van der Waals surface area contributed by atoms with E-state index in [1.807, 2.05) is 13.0 Å². The monoisotopic (exact) mass is 368 g/mol. The largest absolute Gasteiger partial charge is 0.334 e. The zero-order valence-corrected chi connectivity index (χ0v) is 15.0. The predicted molar refractivity (Wildman–Crippen MR) is 95.2 cm³/mol. The Bertz CT molecular complexity index is 844. The molecule has 5 amide bonds. The second-order valence-electron chi connectivity index (χ2n) is 6.92. The highest BCUT2D eigenvalue weighted by molar-refractivity contribution is 6.45. The minimum absolute atomic E-state index is 0.127. The minimum Gasteiger partial charge on any atom is -0.324 e. The van der Waals surface area contributed by atoms with Crippen molar-refractivity contribution >= 4 is 29.4 Å². The lowest BCUT2D eigenvalue weighted by Gasteiger charge is -2.34. The SMILES string of the molecule is C[C@@H]1CCCC[C@@H]1N1C(=O)C(=O)N(CC(=O)Nc2cccc(C#N)c2)C1=O. The first kappa shape index (κ1) is 18.6. The van der Waals surface area contributed by atoms with Crippen LogP contribution >= 0.6 is 0 Å². The van der Waals surface area contributed by atoms with Gasteiger partial charge in [-0.1, -0.05) is 25.8 Å². The molecular formula is C19H20N4O4. The lowest BCUT2D eigenvalue weighted by Crippen LogP contribution is -2.46. The van der Waals surface area contributed by atoms with Gasteiger partial charge in [0.25, 0.3) is 0 Å².